The lowest BCUT2D eigenvalue weighted by Crippen LogP contribution is -2.16. The average Bonchev–Trinajstić information content (AvgIpc) is 2.71. The van der Waals surface area contributed by atoms with Crippen LogP contribution < -0.4 is 0 Å². The van der Waals surface area contributed by atoms with Crippen molar-refractivity contribution in [3.05, 3.63) is 0 Å². The van der Waals surface area contributed by atoms with Crippen molar-refractivity contribution >= 4 is 5.78 Å². The van der Waals surface area contributed by atoms with Gasteiger partial charge in [-0.05, 0) is 24.7 Å². The fourth-order valence-electron chi connectivity index (χ4n) is 2.62. The third kappa shape index (κ3) is 6.21. The second kappa shape index (κ2) is 8.68. The van der Waals surface area contributed by atoms with Gasteiger partial charge in [-0.25, -0.2) is 0 Å². The molecular weight excluding hydrogens is 212 g/mol. The molecule has 17 heavy (non-hydrogen) atoms. The van der Waals surface area contributed by atoms with Crippen molar-refractivity contribution in [2.24, 2.45) is 11.8 Å². The van der Waals surface area contributed by atoms with E-state index in [-0.39, 0.29) is 5.78 Å². The Morgan fingerprint density at radius 1 is 1.24 bits per heavy atom. The lowest BCUT2D eigenvalue weighted by Gasteiger charge is -2.14. The third-order valence-electron chi connectivity index (χ3n) is 3.94. The van der Waals surface area contributed by atoms with Gasteiger partial charge in [0, 0.05) is 6.42 Å². The van der Waals surface area contributed by atoms with E-state index >= 15 is 0 Å². The lowest BCUT2D eigenvalue weighted by molar-refractivity contribution is -0.124. The van der Waals surface area contributed by atoms with E-state index in [1.807, 2.05) is 0 Å². The summed E-state index contributed by atoms with van der Waals surface area (Å²) in [5.41, 5.74) is 0. The SMILES string of the molecule is CCCCCCC(=O)COCC1CCCC1C. The second-order valence-electron chi connectivity index (χ2n) is 5.53. The summed E-state index contributed by atoms with van der Waals surface area (Å²) in [7, 11) is 0. The topological polar surface area (TPSA) is 26.3 Å². The molecule has 0 aliphatic heterocycles. The number of rotatable bonds is 9. The summed E-state index contributed by atoms with van der Waals surface area (Å²) in [6.45, 7) is 5.62. The summed E-state index contributed by atoms with van der Waals surface area (Å²) in [5.74, 6) is 1.77. The van der Waals surface area contributed by atoms with Crippen LogP contribution in [0.4, 0.5) is 0 Å². The van der Waals surface area contributed by atoms with Crippen molar-refractivity contribution in [2.45, 2.75) is 65.2 Å². The zero-order valence-corrected chi connectivity index (χ0v) is 11.5. The predicted octanol–water partition coefficient (Wildman–Crippen LogP) is 3.98. The van der Waals surface area contributed by atoms with Gasteiger partial charge in [-0.1, -0.05) is 46.0 Å². The molecule has 0 aromatic heterocycles. The van der Waals surface area contributed by atoms with Gasteiger partial charge in [-0.3, -0.25) is 4.79 Å². The van der Waals surface area contributed by atoms with Crippen molar-refractivity contribution in [1.29, 1.82) is 0 Å². The molecule has 2 nitrogen and oxygen atoms in total. The summed E-state index contributed by atoms with van der Waals surface area (Å²) >= 11 is 0. The van der Waals surface area contributed by atoms with Crippen LogP contribution >= 0.6 is 0 Å². The summed E-state index contributed by atoms with van der Waals surface area (Å²) in [4.78, 5) is 11.5. The third-order valence-corrected chi connectivity index (χ3v) is 3.94. The van der Waals surface area contributed by atoms with Crippen LogP contribution in [0.2, 0.25) is 0 Å². The van der Waals surface area contributed by atoms with E-state index < -0.39 is 0 Å². The van der Waals surface area contributed by atoms with Crippen molar-refractivity contribution in [3.8, 4) is 0 Å². The van der Waals surface area contributed by atoms with Gasteiger partial charge in [-0.15, -0.1) is 0 Å². The highest BCUT2D eigenvalue weighted by Gasteiger charge is 2.23. The Kier molecular flexibility index (Phi) is 7.50. The predicted molar refractivity (Wildman–Crippen MR) is 71.1 cm³/mol. The van der Waals surface area contributed by atoms with Crippen molar-refractivity contribution in [1.82, 2.24) is 0 Å². The van der Waals surface area contributed by atoms with Crippen LogP contribution in [0, 0.1) is 11.8 Å². The molecule has 1 aliphatic carbocycles. The summed E-state index contributed by atoms with van der Waals surface area (Å²) in [5, 5.41) is 0. The van der Waals surface area contributed by atoms with Crippen molar-refractivity contribution in [3.63, 3.8) is 0 Å². The minimum atomic E-state index is 0.284. The summed E-state index contributed by atoms with van der Waals surface area (Å²) in [6, 6.07) is 0. The maximum Gasteiger partial charge on any atom is 0.158 e. The summed E-state index contributed by atoms with van der Waals surface area (Å²) < 4.78 is 5.56. The van der Waals surface area contributed by atoms with E-state index in [9.17, 15) is 4.79 Å². The number of ketones is 1. The number of hydrogen-bond acceptors (Lipinski definition) is 2. The van der Waals surface area contributed by atoms with Gasteiger partial charge < -0.3 is 4.74 Å². The van der Waals surface area contributed by atoms with Crippen LogP contribution in [0.15, 0.2) is 0 Å². The highest BCUT2D eigenvalue weighted by Crippen LogP contribution is 2.31. The first kappa shape index (κ1) is 14.7. The lowest BCUT2D eigenvalue weighted by atomic mass is 9.99. The molecule has 1 saturated carbocycles. The quantitative estimate of drug-likeness (QED) is 0.570. The van der Waals surface area contributed by atoms with Crippen molar-refractivity contribution in [2.75, 3.05) is 13.2 Å². The largest absolute Gasteiger partial charge is 0.373 e. The second-order valence-corrected chi connectivity index (χ2v) is 5.53. The van der Waals surface area contributed by atoms with E-state index in [4.69, 9.17) is 4.74 Å². The van der Waals surface area contributed by atoms with E-state index in [1.165, 1.54) is 38.5 Å². The molecule has 0 heterocycles. The average molecular weight is 240 g/mol. The molecule has 0 aromatic rings. The van der Waals surface area contributed by atoms with E-state index in [0.29, 0.717) is 18.9 Å². The molecule has 2 atom stereocenters. The molecular formula is C15H28O2. The van der Waals surface area contributed by atoms with Crippen LogP contribution in [0.25, 0.3) is 0 Å². The van der Waals surface area contributed by atoms with Crippen LogP contribution in [-0.4, -0.2) is 19.0 Å². The fraction of sp³-hybridized carbons (Fsp3) is 0.933. The Hall–Kier alpha value is -0.370. The molecule has 2 unspecified atom stereocenters. The van der Waals surface area contributed by atoms with E-state index in [0.717, 1.165) is 18.9 Å². The van der Waals surface area contributed by atoms with Gasteiger partial charge in [-0.2, -0.15) is 0 Å². The number of ether oxygens (including phenoxy) is 1. The molecule has 1 rings (SSSR count). The van der Waals surface area contributed by atoms with Crippen LogP contribution in [0.1, 0.15) is 65.2 Å². The highest BCUT2D eigenvalue weighted by molar-refractivity contribution is 5.79. The highest BCUT2D eigenvalue weighted by atomic mass is 16.5. The number of carbonyl (C=O) groups is 1. The summed E-state index contributed by atoms with van der Waals surface area (Å²) in [6.07, 6.45) is 9.35. The number of carbonyl (C=O) groups excluding carboxylic acids is 1. The fourth-order valence-corrected chi connectivity index (χ4v) is 2.62. The van der Waals surface area contributed by atoms with Gasteiger partial charge in [0.25, 0.3) is 0 Å². The normalized spacial score (nSPS) is 24.1. The first-order valence-electron chi connectivity index (χ1n) is 7.33. The van der Waals surface area contributed by atoms with Gasteiger partial charge in [0.05, 0.1) is 6.61 Å². The molecule has 100 valence electrons. The Labute approximate surface area is 106 Å². The van der Waals surface area contributed by atoms with Gasteiger partial charge in [0.1, 0.15) is 6.61 Å². The van der Waals surface area contributed by atoms with Gasteiger partial charge >= 0.3 is 0 Å². The zero-order valence-electron chi connectivity index (χ0n) is 11.5. The maximum atomic E-state index is 11.5. The molecule has 0 aromatic carbocycles. The molecule has 0 radical (unpaired) electrons. The Balaban J connectivity index is 1.96. The monoisotopic (exact) mass is 240 g/mol. The molecule has 1 fully saturated rings. The van der Waals surface area contributed by atoms with Crippen LogP contribution in [0.3, 0.4) is 0 Å². The first-order valence-corrected chi connectivity index (χ1v) is 7.33. The Morgan fingerprint density at radius 2 is 2.06 bits per heavy atom. The molecule has 1 aliphatic rings. The first-order chi connectivity index (χ1) is 8.24. The Bertz CT molecular complexity index is 213. The van der Waals surface area contributed by atoms with E-state index in [1.54, 1.807) is 0 Å². The molecule has 0 N–H and O–H groups in total. The van der Waals surface area contributed by atoms with Crippen molar-refractivity contribution < 1.29 is 9.53 Å². The molecule has 0 saturated heterocycles. The Morgan fingerprint density at radius 3 is 2.71 bits per heavy atom. The number of Topliss-reactive ketones (excluding diaryl/α,β-unsaturated/α-hetero) is 1. The van der Waals surface area contributed by atoms with E-state index in [2.05, 4.69) is 13.8 Å². The zero-order chi connectivity index (χ0) is 12.5. The molecule has 0 amide bonds. The maximum absolute atomic E-state index is 11.5. The molecule has 2 heteroatoms. The van der Waals surface area contributed by atoms with Crippen LogP contribution in [0.5, 0.6) is 0 Å². The molecule has 0 spiro atoms. The minimum Gasteiger partial charge on any atom is -0.373 e. The van der Waals surface area contributed by atoms with Gasteiger partial charge in [0.15, 0.2) is 5.78 Å². The molecule has 0 bridgehead atoms. The van der Waals surface area contributed by atoms with Gasteiger partial charge in [0.2, 0.25) is 0 Å². The van der Waals surface area contributed by atoms with Crippen LogP contribution in [-0.2, 0) is 9.53 Å². The number of unbranched alkanes of at least 4 members (excludes halogenated alkanes) is 3. The minimum absolute atomic E-state index is 0.284. The smallest absolute Gasteiger partial charge is 0.158 e. The number of hydrogen-bond donors (Lipinski definition) is 0. The standard InChI is InChI=1S/C15H28O2/c1-3-4-5-6-10-15(16)12-17-11-14-9-7-8-13(14)2/h13-14H,3-12H2,1-2H3.